The number of sulfonamides is 1. The summed E-state index contributed by atoms with van der Waals surface area (Å²) in [6.45, 7) is 2.68. The highest BCUT2D eigenvalue weighted by molar-refractivity contribution is 7.88. The molecule has 0 amide bonds. The molecule has 0 radical (unpaired) electrons. The van der Waals surface area contributed by atoms with E-state index in [2.05, 4.69) is 0 Å². The van der Waals surface area contributed by atoms with Gasteiger partial charge in [-0.3, -0.25) is 0 Å². The lowest BCUT2D eigenvalue weighted by atomic mass is 9.98. The maximum Gasteiger partial charge on any atom is 0.218 e. The summed E-state index contributed by atoms with van der Waals surface area (Å²) in [5.41, 5.74) is 0.783. The van der Waals surface area contributed by atoms with E-state index in [9.17, 15) is 13.5 Å². The molecule has 1 fully saturated rings. The van der Waals surface area contributed by atoms with E-state index in [-0.39, 0.29) is 18.2 Å². The maximum atomic E-state index is 12.2. The fraction of sp³-hybridized carbons (Fsp3) is 0.538. The molecule has 0 saturated carbocycles. The first-order valence-electron chi connectivity index (χ1n) is 6.19. The number of hydrogen-bond donors (Lipinski definition) is 1. The molecule has 1 saturated heterocycles. The quantitative estimate of drug-likeness (QED) is 0.897. The minimum atomic E-state index is -3.32. The van der Waals surface area contributed by atoms with Gasteiger partial charge in [-0.15, -0.1) is 0 Å². The Balaban J connectivity index is 2.08. The Bertz CT molecular complexity index is 486. The zero-order chi connectivity index (χ0) is 13.2. The minimum Gasteiger partial charge on any atom is -0.391 e. The van der Waals surface area contributed by atoms with Gasteiger partial charge in [0.2, 0.25) is 10.0 Å². The number of aliphatic hydroxyl groups excluding tert-OH is 1. The number of rotatable bonds is 3. The third-order valence-electron chi connectivity index (χ3n) is 3.47. The van der Waals surface area contributed by atoms with Crippen LogP contribution in [0.1, 0.15) is 18.9 Å². The van der Waals surface area contributed by atoms with Crippen LogP contribution >= 0.6 is 0 Å². The van der Waals surface area contributed by atoms with Crippen molar-refractivity contribution < 1.29 is 13.5 Å². The first-order chi connectivity index (χ1) is 8.49. The zero-order valence-corrected chi connectivity index (χ0v) is 11.3. The van der Waals surface area contributed by atoms with E-state index in [1.165, 1.54) is 4.31 Å². The van der Waals surface area contributed by atoms with E-state index in [1.807, 2.05) is 25.1 Å². The molecular formula is C13H19NO3S. The minimum absolute atomic E-state index is 0.00887. The Morgan fingerprint density at radius 1 is 1.33 bits per heavy atom. The Hall–Kier alpha value is -0.910. The third-order valence-corrected chi connectivity index (χ3v) is 5.28. The van der Waals surface area contributed by atoms with Gasteiger partial charge in [0.1, 0.15) is 0 Å². The lowest BCUT2D eigenvalue weighted by Gasteiger charge is -2.33. The van der Waals surface area contributed by atoms with E-state index in [4.69, 9.17) is 0 Å². The molecule has 0 aliphatic carbocycles. The van der Waals surface area contributed by atoms with Crippen molar-refractivity contribution in [2.24, 2.45) is 5.92 Å². The van der Waals surface area contributed by atoms with Crippen molar-refractivity contribution in [3.8, 4) is 0 Å². The van der Waals surface area contributed by atoms with Crippen LogP contribution in [0.5, 0.6) is 0 Å². The molecular weight excluding hydrogens is 250 g/mol. The van der Waals surface area contributed by atoms with Gasteiger partial charge in [0.05, 0.1) is 11.9 Å². The van der Waals surface area contributed by atoms with Crippen LogP contribution in [0.2, 0.25) is 0 Å². The van der Waals surface area contributed by atoms with Crippen molar-refractivity contribution in [2.75, 3.05) is 13.1 Å². The SMILES string of the molecule is CC1CCN(S(=O)(=O)Cc2ccccc2)CC1O. The fourth-order valence-electron chi connectivity index (χ4n) is 2.15. The first kappa shape index (κ1) is 13.5. The highest BCUT2D eigenvalue weighted by Crippen LogP contribution is 2.21. The van der Waals surface area contributed by atoms with Gasteiger partial charge in [-0.1, -0.05) is 37.3 Å². The van der Waals surface area contributed by atoms with Gasteiger partial charge in [0.25, 0.3) is 0 Å². The number of piperidine rings is 1. The molecule has 0 spiro atoms. The summed E-state index contributed by atoms with van der Waals surface area (Å²) < 4.78 is 25.9. The number of nitrogens with zero attached hydrogens (tertiary/aromatic N) is 1. The van der Waals surface area contributed by atoms with Crippen LogP contribution in [-0.2, 0) is 15.8 Å². The molecule has 4 nitrogen and oxygen atoms in total. The number of aliphatic hydroxyl groups is 1. The van der Waals surface area contributed by atoms with E-state index < -0.39 is 16.1 Å². The van der Waals surface area contributed by atoms with Crippen molar-refractivity contribution in [1.82, 2.24) is 4.31 Å². The number of benzene rings is 1. The molecule has 1 aliphatic rings. The molecule has 0 bridgehead atoms. The summed E-state index contributed by atoms with van der Waals surface area (Å²) in [4.78, 5) is 0. The molecule has 0 aromatic heterocycles. The van der Waals surface area contributed by atoms with Crippen molar-refractivity contribution in [3.63, 3.8) is 0 Å². The number of β-amino-alcohol motifs (C(OH)–C–C–N with tert-alkyl or cyclic N) is 1. The predicted molar refractivity (Wildman–Crippen MR) is 70.4 cm³/mol. The van der Waals surface area contributed by atoms with Crippen LogP contribution < -0.4 is 0 Å². The van der Waals surface area contributed by atoms with Gasteiger partial charge in [-0.25, -0.2) is 8.42 Å². The van der Waals surface area contributed by atoms with Crippen LogP contribution in [0.25, 0.3) is 0 Å². The average molecular weight is 269 g/mol. The summed E-state index contributed by atoms with van der Waals surface area (Å²) in [6.07, 6.45) is 0.166. The molecule has 2 rings (SSSR count). The van der Waals surface area contributed by atoms with Gasteiger partial charge in [0, 0.05) is 13.1 Å². The molecule has 100 valence electrons. The molecule has 2 unspecified atom stereocenters. The Morgan fingerprint density at radius 3 is 2.61 bits per heavy atom. The van der Waals surface area contributed by atoms with Gasteiger partial charge < -0.3 is 5.11 Å². The van der Waals surface area contributed by atoms with Crippen LogP contribution in [0, 0.1) is 5.92 Å². The van der Waals surface area contributed by atoms with Crippen molar-refractivity contribution in [3.05, 3.63) is 35.9 Å². The Morgan fingerprint density at radius 2 is 2.00 bits per heavy atom. The van der Waals surface area contributed by atoms with Gasteiger partial charge >= 0.3 is 0 Å². The summed E-state index contributed by atoms with van der Waals surface area (Å²) in [6, 6.07) is 9.14. The molecule has 1 aromatic rings. The molecule has 1 aromatic carbocycles. The monoisotopic (exact) mass is 269 g/mol. The highest BCUT2D eigenvalue weighted by atomic mass is 32.2. The fourth-order valence-corrected chi connectivity index (χ4v) is 3.71. The molecule has 1 aliphatic heterocycles. The smallest absolute Gasteiger partial charge is 0.218 e. The lowest BCUT2D eigenvalue weighted by Crippen LogP contribution is -2.46. The third kappa shape index (κ3) is 3.10. The Labute approximate surface area is 108 Å². The topological polar surface area (TPSA) is 57.6 Å². The second-order valence-electron chi connectivity index (χ2n) is 4.93. The summed E-state index contributed by atoms with van der Waals surface area (Å²) in [5.74, 6) is 0.183. The second-order valence-corrected chi connectivity index (χ2v) is 6.90. The van der Waals surface area contributed by atoms with Crippen molar-refractivity contribution >= 4 is 10.0 Å². The molecule has 18 heavy (non-hydrogen) atoms. The zero-order valence-electron chi connectivity index (χ0n) is 10.5. The van der Waals surface area contributed by atoms with Crippen LogP contribution in [0.3, 0.4) is 0 Å². The van der Waals surface area contributed by atoms with E-state index in [0.717, 1.165) is 12.0 Å². The average Bonchev–Trinajstić information content (AvgIpc) is 2.33. The molecule has 1 N–H and O–H groups in total. The number of hydrogen-bond acceptors (Lipinski definition) is 3. The summed E-state index contributed by atoms with van der Waals surface area (Å²) >= 11 is 0. The highest BCUT2D eigenvalue weighted by Gasteiger charge is 2.31. The molecule has 5 heteroatoms. The first-order valence-corrected chi connectivity index (χ1v) is 7.80. The van der Waals surface area contributed by atoms with Crippen LogP contribution in [0.15, 0.2) is 30.3 Å². The van der Waals surface area contributed by atoms with E-state index in [0.29, 0.717) is 6.54 Å². The standard InChI is InChI=1S/C13H19NO3S/c1-11-7-8-14(9-13(11)15)18(16,17)10-12-5-3-2-4-6-12/h2-6,11,13,15H,7-10H2,1H3. The van der Waals surface area contributed by atoms with E-state index >= 15 is 0 Å². The second kappa shape index (κ2) is 5.38. The molecule has 1 heterocycles. The van der Waals surface area contributed by atoms with Gasteiger partial charge in [-0.05, 0) is 17.9 Å². The normalized spacial score (nSPS) is 26.1. The van der Waals surface area contributed by atoms with Crippen molar-refractivity contribution in [1.29, 1.82) is 0 Å². The van der Waals surface area contributed by atoms with Crippen LogP contribution in [0.4, 0.5) is 0 Å². The largest absolute Gasteiger partial charge is 0.391 e. The predicted octanol–water partition coefficient (Wildman–Crippen LogP) is 1.22. The van der Waals surface area contributed by atoms with E-state index in [1.54, 1.807) is 12.1 Å². The summed E-state index contributed by atoms with van der Waals surface area (Å²) in [5, 5.41) is 9.77. The van der Waals surface area contributed by atoms with Crippen LogP contribution in [-0.4, -0.2) is 37.0 Å². The van der Waals surface area contributed by atoms with Crippen molar-refractivity contribution in [2.45, 2.75) is 25.2 Å². The summed E-state index contributed by atoms with van der Waals surface area (Å²) in [7, 11) is -3.32. The van der Waals surface area contributed by atoms with Gasteiger partial charge in [0.15, 0.2) is 0 Å². The maximum absolute atomic E-state index is 12.2. The molecule has 2 atom stereocenters. The lowest BCUT2D eigenvalue weighted by molar-refractivity contribution is 0.0604. The van der Waals surface area contributed by atoms with Gasteiger partial charge in [-0.2, -0.15) is 4.31 Å². The Kier molecular flexibility index (Phi) is 4.04.